The van der Waals surface area contributed by atoms with Gasteiger partial charge in [0.1, 0.15) is 5.75 Å². The number of amides is 1. The Kier molecular flexibility index (Phi) is 4.70. The fourth-order valence-corrected chi connectivity index (χ4v) is 3.56. The van der Waals surface area contributed by atoms with E-state index in [2.05, 4.69) is 15.4 Å². The van der Waals surface area contributed by atoms with Gasteiger partial charge in [0.05, 0.1) is 19.2 Å². The molecule has 0 spiro atoms. The smallest absolute Gasteiger partial charge is 0.273 e. The summed E-state index contributed by atoms with van der Waals surface area (Å²) >= 11 is 0. The Bertz CT molecular complexity index is 737. The van der Waals surface area contributed by atoms with Crippen molar-refractivity contribution < 1.29 is 14.1 Å². The van der Waals surface area contributed by atoms with Gasteiger partial charge in [-0.25, -0.2) is 0 Å². The molecule has 6 nitrogen and oxygen atoms in total. The standard InChI is InChI=1S/C19H23N3O3/c23-19(17-12-14(25-21-17)13-22-9-3-4-10-22)20-16-7-5-11-24-18-8-2-1-6-15(16)18/h1-2,6,8,12,16H,3-5,7,9-11,13H2,(H,20,23). The molecule has 1 amide bonds. The Morgan fingerprint density at radius 2 is 2.08 bits per heavy atom. The van der Waals surface area contributed by atoms with Gasteiger partial charge < -0.3 is 14.6 Å². The van der Waals surface area contributed by atoms with E-state index in [-0.39, 0.29) is 11.9 Å². The Balaban J connectivity index is 1.44. The van der Waals surface area contributed by atoms with E-state index >= 15 is 0 Å². The molecule has 4 rings (SSSR count). The van der Waals surface area contributed by atoms with Crippen molar-refractivity contribution in [1.82, 2.24) is 15.4 Å². The number of nitrogens with one attached hydrogen (secondary N) is 1. The number of carbonyl (C=O) groups excluding carboxylic acids is 1. The van der Waals surface area contributed by atoms with Crippen LogP contribution in [0.5, 0.6) is 5.75 Å². The second-order valence-corrected chi connectivity index (χ2v) is 6.72. The number of hydrogen-bond donors (Lipinski definition) is 1. The molecule has 0 radical (unpaired) electrons. The van der Waals surface area contributed by atoms with Crippen molar-refractivity contribution in [3.8, 4) is 5.75 Å². The molecule has 1 atom stereocenters. The van der Waals surface area contributed by atoms with Gasteiger partial charge in [-0.1, -0.05) is 23.4 Å². The fourth-order valence-electron chi connectivity index (χ4n) is 3.56. The molecule has 2 aromatic rings. The van der Waals surface area contributed by atoms with E-state index in [0.29, 0.717) is 12.3 Å². The summed E-state index contributed by atoms with van der Waals surface area (Å²) in [7, 11) is 0. The van der Waals surface area contributed by atoms with Crippen molar-refractivity contribution in [3.63, 3.8) is 0 Å². The number of ether oxygens (including phenoxy) is 1. The van der Waals surface area contributed by atoms with Gasteiger partial charge in [0.25, 0.3) is 5.91 Å². The zero-order valence-corrected chi connectivity index (χ0v) is 14.2. The Morgan fingerprint density at radius 3 is 2.96 bits per heavy atom. The van der Waals surface area contributed by atoms with Crippen molar-refractivity contribution in [3.05, 3.63) is 47.3 Å². The molecular weight excluding hydrogens is 318 g/mol. The van der Waals surface area contributed by atoms with Crippen LogP contribution in [0.25, 0.3) is 0 Å². The first kappa shape index (κ1) is 16.1. The first-order valence-electron chi connectivity index (χ1n) is 9.00. The molecule has 6 heteroatoms. The summed E-state index contributed by atoms with van der Waals surface area (Å²) in [5, 5.41) is 7.04. The maximum Gasteiger partial charge on any atom is 0.273 e. The molecule has 2 aliphatic rings. The van der Waals surface area contributed by atoms with Crippen LogP contribution in [-0.4, -0.2) is 35.7 Å². The number of benzene rings is 1. The van der Waals surface area contributed by atoms with Gasteiger partial charge in [-0.05, 0) is 44.8 Å². The highest BCUT2D eigenvalue weighted by Crippen LogP contribution is 2.31. The van der Waals surface area contributed by atoms with Gasteiger partial charge >= 0.3 is 0 Å². The normalized spacial score (nSPS) is 20.6. The van der Waals surface area contributed by atoms with Crippen molar-refractivity contribution >= 4 is 5.91 Å². The molecular formula is C19H23N3O3. The maximum absolute atomic E-state index is 12.6. The quantitative estimate of drug-likeness (QED) is 0.926. The summed E-state index contributed by atoms with van der Waals surface area (Å²) in [4.78, 5) is 14.9. The number of rotatable bonds is 4. The predicted octanol–water partition coefficient (Wildman–Crippen LogP) is 2.91. The molecule has 25 heavy (non-hydrogen) atoms. The van der Waals surface area contributed by atoms with Crippen molar-refractivity contribution in [1.29, 1.82) is 0 Å². The summed E-state index contributed by atoms with van der Waals surface area (Å²) in [6.07, 6.45) is 4.20. The SMILES string of the molecule is O=C(NC1CCCOc2ccccc21)c1cc(CN2CCCC2)on1. The number of para-hydroxylation sites is 1. The number of hydrogen-bond acceptors (Lipinski definition) is 5. The second-order valence-electron chi connectivity index (χ2n) is 6.72. The molecule has 1 fully saturated rings. The van der Waals surface area contributed by atoms with Crippen LogP contribution in [0.3, 0.4) is 0 Å². The van der Waals surface area contributed by atoms with Gasteiger partial charge in [-0.3, -0.25) is 9.69 Å². The van der Waals surface area contributed by atoms with E-state index in [1.807, 2.05) is 24.3 Å². The molecule has 2 aliphatic heterocycles. The van der Waals surface area contributed by atoms with E-state index in [4.69, 9.17) is 9.26 Å². The van der Waals surface area contributed by atoms with Crippen molar-refractivity contribution in [2.24, 2.45) is 0 Å². The summed E-state index contributed by atoms with van der Waals surface area (Å²) in [6, 6.07) is 9.57. The highest BCUT2D eigenvalue weighted by molar-refractivity contribution is 5.92. The minimum absolute atomic E-state index is 0.0649. The van der Waals surface area contributed by atoms with E-state index in [1.165, 1.54) is 12.8 Å². The van der Waals surface area contributed by atoms with Crippen LogP contribution in [0.15, 0.2) is 34.9 Å². The number of fused-ring (bicyclic) bond motifs is 1. The first-order valence-corrected chi connectivity index (χ1v) is 9.00. The van der Waals surface area contributed by atoms with Crippen molar-refractivity contribution in [2.75, 3.05) is 19.7 Å². The van der Waals surface area contributed by atoms with Gasteiger partial charge in [-0.2, -0.15) is 0 Å². The van der Waals surface area contributed by atoms with E-state index in [0.717, 1.165) is 49.5 Å². The third-order valence-corrected chi connectivity index (χ3v) is 4.86. The van der Waals surface area contributed by atoms with Crippen LogP contribution < -0.4 is 10.1 Å². The maximum atomic E-state index is 12.6. The molecule has 132 valence electrons. The highest BCUT2D eigenvalue weighted by Gasteiger charge is 2.23. The molecule has 1 saturated heterocycles. The minimum Gasteiger partial charge on any atom is -0.493 e. The van der Waals surface area contributed by atoms with Gasteiger partial charge in [0, 0.05) is 11.6 Å². The van der Waals surface area contributed by atoms with Crippen LogP contribution in [-0.2, 0) is 6.54 Å². The molecule has 1 unspecified atom stereocenters. The molecule has 0 aliphatic carbocycles. The summed E-state index contributed by atoms with van der Waals surface area (Å²) in [5.41, 5.74) is 1.37. The Morgan fingerprint density at radius 1 is 1.24 bits per heavy atom. The van der Waals surface area contributed by atoms with Crippen LogP contribution in [0.1, 0.15) is 53.5 Å². The zero-order chi connectivity index (χ0) is 17.1. The van der Waals surface area contributed by atoms with Crippen molar-refractivity contribution in [2.45, 2.75) is 38.3 Å². The average molecular weight is 341 g/mol. The second kappa shape index (κ2) is 7.27. The predicted molar refractivity (Wildman–Crippen MR) is 92.4 cm³/mol. The van der Waals surface area contributed by atoms with Crippen LogP contribution >= 0.6 is 0 Å². The average Bonchev–Trinajstić information content (AvgIpc) is 3.26. The monoisotopic (exact) mass is 341 g/mol. The van der Waals surface area contributed by atoms with Gasteiger partial charge in [-0.15, -0.1) is 0 Å². The number of aromatic nitrogens is 1. The summed E-state index contributed by atoms with van der Waals surface area (Å²) in [6.45, 7) is 3.57. The lowest BCUT2D eigenvalue weighted by Crippen LogP contribution is -2.28. The minimum atomic E-state index is -0.196. The third kappa shape index (κ3) is 3.69. The molecule has 3 heterocycles. The van der Waals surface area contributed by atoms with Crippen LogP contribution in [0.4, 0.5) is 0 Å². The van der Waals surface area contributed by atoms with Crippen LogP contribution in [0.2, 0.25) is 0 Å². The summed E-state index contributed by atoms with van der Waals surface area (Å²) in [5.74, 6) is 1.40. The topological polar surface area (TPSA) is 67.6 Å². The summed E-state index contributed by atoms with van der Waals surface area (Å²) < 4.78 is 11.1. The number of carbonyl (C=O) groups is 1. The van der Waals surface area contributed by atoms with E-state index in [1.54, 1.807) is 6.07 Å². The van der Waals surface area contributed by atoms with Gasteiger partial charge in [0.2, 0.25) is 0 Å². The first-order chi connectivity index (χ1) is 12.3. The molecule has 1 aromatic heterocycles. The zero-order valence-electron chi connectivity index (χ0n) is 14.2. The number of nitrogens with zero attached hydrogens (tertiary/aromatic N) is 2. The molecule has 0 saturated carbocycles. The largest absolute Gasteiger partial charge is 0.493 e. The highest BCUT2D eigenvalue weighted by atomic mass is 16.5. The molecule has 1 aromatic carbocycles. The third-order valence-electron chi connectivity index (χ3n) is 4.86. The van der Waals surface area contributed by atoms with E-state index in [9.17, 15) is 4.79 Å². The fraction of sp³-hybridized carbons (Fsp3) is 0.474. The van der Waals surface area contributed by atoms with E-state index < -0.39 is 0 Å². The Hall–Kier alpha value is -2.34. The molecule has 1 N–H and O–H groups in total. The molecule has 0 bridgehead atoms. The lowest BCUT2D eigenvalue weighted by atomic mass is 10.0. The van der Waals surface area contributed by atoms with Crippen LogP contribution in [0, 0.1) is 0 Å². The lowest BCUT2D eigenvalue weighted by Gasteiger charge is -2.17. The van der Waals surface area contributed by atoms with Gasteiger partial charge in [0.15, 0.2) is 11.5 Å². The Labute approximate surface area is 147 Å². The number of likely N-dealkylation sites (tertiary alicyclic amines) is 1. The lowest BCUT2D eigenvalue weighted by molar-refractivity contribution is 0.0925.